The third kappa shape index (κ3) is 3.96. The molecule has 246 valence electrons. The topological polar surface area (TPSA) is 29.5 Å². The summed E-state index contributed by atoms with van der Waals surface area (Å²) in [7, 11) is 0. The summed E-state index contributed by atoms with van der Waals surface area (Å²) < 4.78 is 13.7. The van der Waals surface area contributed by atoms with Crippen LogP contribution in [-0.4, -0.2) is 0 Å². The molecule has 0 saturated carbocycles. The average molecular weight is 668 g/mol. The number of fused-ring (bicyclic) bond motifs is 10. The molecule has 0 spiro atoms. The molecule has 0 aliphatic heterocycles. The smallest absolute Gasteiger partial charge is 0.159 e. The monoisotopic (exact) mass is 667 g/mol. The third-order valence-corrected chi connectivity index (χ3v) is 11.3. The summed E-state index contributed by atoms with van der Waals surface area (Å²) in [6.07, 6.45) is 0. The number of para-hydroxylation sites is 3. The zero-order valence-electron chi connectivity index (χ0n) is 28.9. The van der Waals surface area contributed by atoms with Gasteiger partial charge in [0.15, 0.2) is 5.58 Å². The Morgan fingerprint density at radius 2 is 1.00 bits per heavy atom. The number of anilines is 3. The number of nitrogens with zero attached hydrogens (tertiary/aromatic N) is 1. The first-order valence-corrected chi connectivity index (χ1v) is 17.9. The van der Waals surface area contributed by atoms with Crippen LogP contribution in [-0.2, 0) is 5.41 Å². The first-order chi connectivity index (χ1) is 25.6. The fraction of sp³-hybridized carbons (Fsp3) is 0.0612. The van der Waals surface area contributed by atoms with E-state index in [4.69, 9.17) is 8.83 Å². The summed E-state index contributed by atoms with van der Waals surface area (Å²) in [5, 5.41) is 6.74. The van der Waals surface area contributed by atoms with Gasteiger partial charge in [0, 0.05) is 32.7 Å². The number of benzene rings is 8. The Labute approximate surface area is 301 Å². The molecule has 0 fully saturated rings. The molecular weight excluding hydrogens is 635 g/mol. The minimum Gasteiger partial charge on any atom is -0.455 e. The van der Waals surface area contributed by atoms with E-state index < -0.39 is 0 Å². The molecule has 3 heteroatoms. The largest absolute Gasteiger partial charge is 0.455 e. The molecule has 0 amide bonds. The van der Waals surface area contributed by atoms with E-state index in [2.05, 4.69) is 176 Å². The zero-order valence-corrected chi connectivity index (χ0v) is 28.9. The molecule has 8 aromatic carbocycles. The fourth-order valence-electron chi connectivity index (χ4n) is 8.89. The minimum absolute atomic E-state index is 0.158. The van der Waals surface area contributed by atoms with Gasteiger partial charge in [0.2, 0.25) is 0 Å². The molecule has 0 bridgehead atoms. The van der Waals surface area contributed by atoms with Crippen molar-refractivity contribution in [3.63, 3.8) is 0 Å². The molecule has 1 aliphatic carbocycles. The Hall–Kier alpha value is -6.58. The van der Waals surface area contributed by atoms with E-state index in [1.165, 1.54) is 33.0 Å². The van der Waals surface area contributed by atoms with Gasteiger partial charge in [0.1, 0.15) is 16.7 Å². The van der Waals surface area contributed by atoms with Crippen LogP contribution in [0.3, 0.4) is 0 Å². The Morgan fingerprint density at radius 3 is 1.88 bits per heavy atom. The summed E-state index contributed by atoms with van der Waals surface area (Å²) in [5.41, 5.74) is 13.8. The van der Waals surface area contributed by atoms with E-state index in [-0.39, 0.29) is 5.41 Å². The van der Waals surface area contributed by atoms with Crippen LogP contribution in [0.2, 0.25) is 0 Å². The van der Waals surface area contributed by atoms with Crippen molar-refractivity contribution >= 4 is 71.7 Å². The van der Waals surface area contributed by atoms with Crippen molar-refractivity contribution in [1.29, 1.82) is 0 Å². The maximum absolute atomic E-state index is 6.92. The van der Waals surface area contributed by atoms with E-state index in [1.54, 1.807) is 0 Å². The predicted octanol–water partition coefficient (Wildman–Crippen LogP) is 14.1. The second kappa shape index (κ2) is 10.7. The maximum atomic E-state index is 6.92. The Morgan fingerprint density at radius 1 is 0.404 bits per heavy atom. The van der Waals surface area contributed by atoms with Crippen molar-refractivity contribution in [2.24, 2.45) is 0 Å². The average Bonchev–Trinajstić information content (AvgIpc) is 3.84. The van der Waals surface area contributed by atoms with Crippen LogP contribution in [0.25, 0.3) is 76.9 Å². The normalized spacial score (nSPS) is 13.3. The fourth-order valence-corrected chi connectivity index (χ4v) is 8.89. The van der Waals surface area contributed by atoms with Crippen LogP contribution in [0.5, 0.6) is 0 Å². The van der Waals surface area contributed by atoms with E-state index in [0.717, 1.165) is 72.1 Å². The zero-order chi connectivity index (χ0) is 34.6. The Bertz CT molecular complexity index is 3060. The molecule has 52 heavy (non-hydrogen) atoms. The first kappa shape index (κ1) is 29.2. The molecule has 11 rings (SSSR count). The summed E-state index contributed by atoms with van der Waals surface area (Å²) >= 11 is 0. The summed E-state index contributed by atoms with van der Waals surface area (Å²) in [6.45, 7) is 4.68. The van der Waals surface area contributed by atoms with Gasteiger partial charge in [-0.3, -0.25) is 0 Å². The van der Waals surface area contributed by atoms with E-state index >= 15 is 0 Å². The predicted molar refractivity (Wildman–Crippen MR) is 216 cm³/mol. The molecule has 2 aromatic heterocycles. The van der Waals surface area contributed by atoms with Crippen molar-refractivity contribution in [1.82, 2.24) is 0 Å². The highest BCUT2D eigenvalue weighted by Gasteiger charge is 2.38. The van der Waals surface area contributed by atoms with Gasteiger partial charge in [-0.2, -0.15) is 0 Å². The van der Waals surface area contributed by atoms with Gasteiger partial charge in [0.25, 0.3) is 0 Å². The lowest BCUT2D eigenvalue weighted by molar-refractivity contribution is 0.660. The van der Waals surface area contributed by atoms with Crippen LogP contribution in [0, 0.1) is 0 Å². The van der Waals surface area contributed by atoms with Gasteiger partial charge >= 0.3 is 0 Å². The number of rotatable bonds is 4. The van der Waals surface area contributed by atoms with Crippen LogP contribution >= 0.6 is 0 Å². The molecule has 3 nitrogen and oxygen atoms in total. The minimum atomic E-state index is -0.158. The highest BCUT2D eigenvalue weighted by Crippen LogP contribution is 2.56. The molecule has 0 atom stereocenters. The molecule has 0 unspecified atom stereocenters. The highest BCUT2D eigenvalue weighted by atomic mass is 16.3. The van der Waals surface area contributed by atoms with Crippen LogP contribution < -0.4 is 4.90 Å². The van der Waals surface area contributed by atoms with Crippen LogP contribution in [0.1, 0.15) is 25.0 Å². The van der Waals surface area contributed by atoms with Crippen molar-refractivity contribution < 1.29 is 8.83 Å². The van der Waals surface area contributed by atoms with Crippen molar-refractivity contribution in [2.45, 2.75) is 19.3 Å². The van der Waals surface area contributed by atoms with Gasteiger partial charge in [0.05, 0.1) is 22.4 Å². The van der Waals surface area contributed by atoms with Crippen molar-refractivity contribution in [2.75, 3.05) is 4.90 Å². The second-order valence-corrected chi connectivity index (χ2v) is 14.4. The number of hydrogen-bond acceptors (Lipinski definition) is 3. The van der Waals surface area contributed by atoms with Gasteiger partial charge in [-0.25, -0.2) is 0 Å². The first-order valence-electron chi connectivity index (χ1n) is 17.9. The molecule has 0 radical (unpaired) electrons. The van der Waals surface area contributed by atoms with E-state index in [0.29, 0.717) is 0 Å². The third-order valence-electron chi connectivity index (χ3n) is 11.3. The Balaban J connectivity index is 1.29. The maximum Gasteiger partial charge on any atom is 0.159 e. The lowest BCUT2D eigenvalue weighted by atomic mass is 9.82. The van der Waals surface area contributed by atoms with Gasteiger partial charge in [-0.05, 0) is 69.4 Å². The Kier molecular flexibility index (Phi) is 6.01. The molecular formula is C49H33NO2. The van der Waals surface area contributed by atoms with Crippen molar-refractivity contribution in [3.8, 4) is 22.3 Å². The molecule has 2 heterocycles. The highest BCUT2D eigenvalue weighted by molar-refractivity contribution is 6.20. The van der Waals surface area contributed by atoms with Gasteiger partial charge in [-0.1, -0.05) is 141 Å². The second-order valence-electron chi connectivity index (χ2n) is 14.4. The SMILES string of the molecule is CC1(C)c2ccccc2-c2c(N(c3cccc4c3oc3ccccc34)c3ccc(-c4cccc5ccccc45)c4oc5ccccc5c34)cccc21. The molecule has 0 N–H and O–H groups in total. The molecule has 0 saturated heterocycles. The molecule has 10 aromatic rings. The summed E-state index contributed by atoms with van der Waals surface area (Å²) in [5.74, 6) is 0. The van der Waals surface area contributed by atoms with Crippen LogP contribution in [0.4, 0.5) is 17.1 Å². The lowest BCUT2D eigenvalue weighted by Crippen LogP contribution is -2.16. The van der Waals surface area contributed by atoms with Crippen LogP contribution in [0.15, 0.2) is 173 Å². The van der Waals surface area contributed by atoms with Gasteiger partial charge < -0.3 is 13.7 Å². The van der Waals surface area contributed by atoms with E-state index in [1.807, 2.05) is 6.07 Å². The summed E-state index contributed by atoms with van der Waals surface area (Å²) in [4.78, 5) is 2.43. The quantitative estimate of drug-likeness (QED) is 0.187. The standard InChI is InChI=1S/C49H33NO2/c1-49(2)38-22-8-5-18-36(38)45-39(49)23-13-24-40(45)50(42-25-12-21-34-33-17-6-9-26-43(33)51-47(34)42)41-29-28-35(32-20-11-15-30-14-3-4-16-31(30)32)48-46(41)37-19-7-10-27-44(37)52-48/h3-29H,1-2H3. The summed E-state index contributed by atoms with van der Waals surface area (Å²) in [6, 6.07) is 58.6. The number of hydrogen-bond donors (Lipinski definition) is 0. The van der Waals surface area contributed by atoms with Crippen molar-refractivity contribution in [3.05, 3.63) is 175 Å². The van der Waals surface area contributed by atoms with Gasteiger partial charge in [-0.15, -0.1) is 0 Å². The number of furan rings is 2. The van der Waals surface area contributed by atoms with E-state index in [9.17, 15) is 0 Å². The molecule has 1 aliphatic rings. The lowest BCUT2D eigenvalue weighted by Gasteiger charge is -2.29.